The van der Waals surface area contributed by atoms with Gasteiger partial charge in [-0.2, -0.15) is 0 Å². The molecule has 118 valence electrons. The van der Waals surface area contributed by atoms with E-state index >= 15 is 0 Å². The molecule has 0 saturated heterocycles. The summed E-state index contributed by atoms with van der Waals surface area (Å²) in [6, 6.07) is 7.57. The van der Waals surface area contributed by atoms with Crippen LogP contribution < -0.4 is 5.32 Å². The smallest absolute Gasteiger partial charge is 0.0897 e. The minimum atomic E-state index is -0.458. The molecule has 1 aromatic carbocycles. The largest absolute Gasteiger partial charge is 0.389 e. The van der Waals surface area contributed by atoms with Crippen LogP contribution in [-0.2, 0) is 11.3 Å². The average molecular weight is 312 g/mol. The fraction of sp³-hybridized carbons (Fsp3) is 0.647. The number of halogens is 1. The fourth-order valence-electron chi connectivity index (χ4n) is 2.56. The molecule has 1 aromatic rings. The maximum absolute atomic E-state index is 9.92. The van der Waals surface area contributed by atoms with E-state index in [1.54, 1.807) is 0 Å². The summed E-state index contributed by atoms with van der Waals surface area (Å²) in [5, 5.41) is 14.0. The second-order valence-corrected chi connectivity index (χ2v) is 6.88. The predicted octanol–water partition coefficient (Wildman–Crippen LogP) is 3.24. The zero-order valence-electron chi connectivity index (χ0n) is 12.9. The van der Waals surface area contributed by atoms with Crippen molar-refractivity contribution in [1.29, 1.82) is 0 Å². The Bertz CT molecular complexity index is 429. The van der Waals surface area contributed by atoms with Gasteiger partial charge in [0.1, 0.15) is 0 Å². The van der Waals surface area contributed by atoms with E-state index in [0.29, 0.717) is 31.1 Å². The van der Waals surface area contributed by atoms with Crippen molar-refractivity contribution in [3.05, 3.63) is 34.9 Å². The van der Waals surface area contributed by atoms with E-state index in [0.717, 1.165) is 17.1 Å². The molecule has 0 amide bonds. The second-order valence-electron chi connectivity index (χ2n) is 6.44. The molecule has 0 heterocycles. The summed E-state index contributed by atoms with van der Waals surface area (Å²) >= 11 is 5.83. The zero-order chi connectivity index (χ0) is 15.3. The molecule has 21 heavy (non-hydrogen) atoms. The molecule has 2 rings (SSSR count). The van der Waals surface area contributed by atoms with Crippen LogP contribution in [0, 0.1) is 11.3 Å². The Kier molecular flexibility index (Phi) is 6.06. The van der Waals surface area contributed by atoms with Gasteiger partial charge in [0.05, 0.1) is 19.3 Å². The highest BCUT2D eigenvalue weighted by Gasteiger charge is 2.44. The molecular formula is C17H26ClNO2. The lowest BCUT2D eigenvalue weighted by molar-refractivity contribution is 0.0281. The van der Waals surface area contributed by atoms with Gasteiger partial charge in [-0.15, -0.1) is 0 Å². The zero-order valence-corrected chi connectivity index (χ0v) is 13.7. The van der Waals surface area contributed by atoms with Gasteiger partial charge >= 0.3 is 0 Å². The molecule has 0 aliphatic heterocycles. The molecule has 1 aliphatic carbocycles. The first-order valence-corrected chi connectivity index (χ1v) is 8.11. The first-order valence-electron chi connectivity index (χ1n) is 7.73. The lowest BCUT2D eigenvalue weighted by Gasteiger charge is -2.21. The van der Waals surface area contributed by atoms with Gasteiger partial charge in [-0.1, -0.05) is 37.6 Å². The average Bonchev–Trinajstić information content (AvgIpc) is 3.22. The number of benzene rings is 1. The van der Waals surface area contributed by atoms with Gasteiger partial charge in [-0.3, -0.25) is 0 Å². The number of hydrogen-bond donors (Lipinski definition) is 2. The Hall–Kier alpha value is -0.610. The maximum atomic E-state index is 9.92. The summed E-state index contributed by atoms with van der Waals surface area (Å²) in [7, 11) is 0. The number of aliphatic hydroxyl groups is 1. The number of rotatable bonds is 9. The molecule has 3 nitrogen and oxygen atoms in total. The van der Waals surface area contributed by atoms with E-state index in [2.05, 4.69) is 19.2 Å². The summed E-state index contributed by atoms with van der Waals surface area (Å²) in [6.45, 7) is 7.00. The third-order valence-electron chi connectivity index (χ3n) is 4.47. The SMILES string of the molecule is CC(C)C1(CNCC(O)COCc2ccc(Cl)cc2)CC1. The molecule has 0 aromatic heterocycles. The Morgan fingerprint density at radius 1 is 1.29 bits per heavy atom. The van der Waals surface area contributed by atoms with Gasteiger partial charge in [0.25, 0.3) is 0 Å². The number of aliphatic hydroxyl groups excluding tert-OH is 1. The second kappa shape index (κ2) is 7.59. The highest BCUT2D eigenvalue weighted by molar-refractivity contribution is 6.30. The van der Waals surface area contributed by atoms with Gasteiger partial charge in [0.2, 0.25) is 0 Å². The van der Waals surface area contributed by atoms with Crippen LogP contribution in [0.3, 0.4) is 0 Å². The fourth-order valence-corrected chi connectivity index (χ4v) is 2.68. The van der Waals surface area contributed by atoms with Gasteiger partial charge in [0, 0.05) is 18.1 Å². The first-order chi connectivity index (χ1) is 10.0. The molecule has 0 radical (unpaired) electrons. The van der Waals surface area contributed by atoms with Crippen molar-refractivity contribution in [2.45, 2.75) is 39.4 Å². The Morgan fingerprint density at radius 2 is 1.95 bits per heavy atom. The monoisotopic (exact) mass is 311 g/mol. The summed E-state index contributed by atoms with van der Waals surface area (Å²) in [4.78, 5) is 0. The highest BCUT2D eigenvalue weighted by Crippen LogP contribution is 2.51. The predicted molar refractivity (Wildman–Crippen MR) is 86.5 cm³/mol. The molecule has 2 N–H and O–H groups in total. The number of hydrogen-bond acceptors (Lipinski definition) is 3. The van der Waals surface area contributed by atoms with Crippen molar-refractivity contribution in [3.63, 3.8) is 0 Å². The van der Waals surface area contributed by atoms with Crippen LogP contribution in [0.5, 0.6) is 0 Å². The molecule has 1 fully saturated rings. The van der Waals surface area contributed by atoms with Gasteiger partial charge < -0.3 is 15.2 Å². The third kappa shape index (κ3) is 5.26. The summed E-state index contributed by atoms with van der Waals surface area (Å²) in [5.41, 5.74) is 1.54. The molecule has 0 spiro atoms. The molecule has 1 unspecified atom stereocenters. The lowest BCUT2D eigenvalue weighted by Crippen LogP contribution is -2.35. The van der Waals surface area contributed by atoms with E-state index in [4.69, 9.17) is 16.3 Å². The quantitative estimate of drug-likeness (QED) is 0.735. The summed E-state index contributed by atoms with van der Waals surface area (Å²) in [6.07, 6.45) is 2.15. The van der Waals surface area contributed by atoms with Crippen LogP contribution in [0.1, 0.15) is 32.3 Å². The summed E-state index contributed by atoms with van der Waals surface area (Å²) in [5.74, 6) is 0.711. The van der Waals surface area contributed by atoms with E-state index < -0.39 is 6.10 Å². The third-order valence-corrected chi connectivity index (χ3v) is 4.72. The van der Waals surface area contributed by atoms with Crippen LogP contribution in [0.4, 0.5) is 0 Å². The van der Waals surface area contributed by atoms with Crippen molar-refractivity contribution in [1.82, 2.24) is 5.32 Å². The topological polar surface area (TPSA) is 41.5 Å². The van der Waals surface area contributed by atoms with Crippen molar-refractivity contribution < 1.29 is 9.84 Å². The highest BCUT2D eigenvalue weighted by atomic mass is 35.5. The van der Waals surface area contributed by atoms with Crippen LogP contribution in [0.15, 0.2) is 24.3 Å². The van der Waals surface area contributed by atoms with Crippen LogP contribution in [0.2, 0.25) is 5.02 Å². The minimum Gasteiger partial charge on any atom is -0.389 e. The number of ether oxygens (including phenoxy) is 1. The lowest BCUT2D eigenvalue weighted by atomic mass is 9.92. The molecule has 1 aliphatic rings. The standard InChI is InChI=1S/C17H26ClNO2/c1-13(2)17(7-8-17)12-19-9-16(20)11-21-10-14-3-5-15(18)6-4-14/h3-6,13,16,19-20H,7-12H2,1-2H3. The van der Waals surface area contributed by atoms with Crippen LogP contribution in [-0.4, -0.2) is 30.9 Å². The molecule has 4 heteroatoms. The normalized spacial score (nSPS) is 18.0. The first kappa shape index (κ1) is 16.8. The van der Waals surface area contributed by atoms with Crippen molar-refractivity contribution in [2.75, 3.05) is 19.7 Å². The maximum Gasteiger partial charge on any atom is 0.0897 e. The van der Waals surface area contributed by atoms with Crippen LogP contribution >= 0.6 is 11.6 Å². The van der Waals surface area contributed by atoms with Crippen LogP contribution in [0.25, 0.3) is 0 Å². The number of nitrogens with one attached hydrogen (secondary N) is 1. The van der Waals surface area contributed by atoms with E-state index in [-0.39, 0.29) is 0 Å². The van der Waals surface area contributed by atoms with Crippen molar-refractivity contribution in [3.8, 4) is 0 Å². The van der Waals surface area contributed by atoms with E-state index in [1.165, 1.54) is 12.8 Å². The molecule has 1 atom stereocenters. The molecule has 1 saturated carbocycles. The van der Waals surface area contributed by atoms with Crippen molar-refractivity contribution in [2.24, 2.45) is 11.3 Å². The van der Waals surface area contributed by atoms with Gasteiger partial charge in [0.15, 0.2) is 0 Å². The molecular weight excluding hydrogens is 286 g/mol. The van der Waals surface area contributed by atoms with E-state index in [9.17, 15) is 5.11 Å². The summed E-state index contributed by atoms with van der Waals surface area (Å²) < 4.78 is 5.53. The molecule has 0 bridgehead atoms. The van der Waals surface area contributed by atoms with Gasteiger partial charge in [-0.05, 0) is 41.9 Å². The Labute approximate surface area is 132 Å². The van der Waals surface area contributed by atoms with E-state index in [1.807, 2.05) is 24.3 Å². The Morgan fingerprint density at radius 3 is 2.52 bits per heavy atom. The minimum absolute atomic E-state index is 0.351. The van der Waals surface area contributed by atoms with Crippen molar-refractivity contribution >= 4 is 11.6 Å². The van der Waals surface area contributed by atoms with Gasteiger partial charge in [-0.25, -0.2) is 0 Å². The Balaban J connectivity index is 1.57.